The van der Waals surface area contributed by atoms with E-state index in [0.717, 1.165) is 31.8 Å². The fourth-order valence-electron chi connectivity index (χ4n) is 2.95. The molecule has 0 spiro atoms. The molecule has 1 saturated heterocycles. The van der Waals surface area contributed by atoms with Gasteiger partial charge in [-0.2, -0.15) is 0 Å². The van der Waals surface area contributed by atoms with Gasteiger partial charge in [0.25, 0.3) is 0 Å². The molecule has 1 aliphatic heterocycles. The Kier molecular flexibility index (Phi) is 4.88. The maximum atomic E-state index is 13.9. The largest absolute Gasteiger partial charge is 0.329 e. The first-order valence-electron chi connectivity index (χ1n) is 7.05. The summed E-state index contributed by atoms with van der Waals surface area (Å²) in [5.41, 5.74) is 5.89. The van der Waals surface area contributed by atoms with Gasteiger partial charge in [0.2, 0.25) is 0 Å². The van der Waals surface area contributed by atoms with E-state index in [9.17, 15) is 8.78 Å². The van der Waals surface area contributed by atoms with Crippen LogP contribution in [0.4, 0.5) is 8.78 Å². The average Bonchev–Trinajstić information content (AvgIpc) is 2.43. The molecule has 2 nitrogen and oxygen atoms in total. The molecule has 19 heavy (non-hydrogen) atoms. The maximum Gasteiger partial charge on any atom is 0.130 e. The molecule has 1 aromatic rings. The third-order valence-corrected chi connectivity index (χ3v) is 4.22. The Bertz CT molecular complexity index is 394. The number of nitrogens with zero attached hydrogens (tertiary/aromatic N) is 1. The topological polar surface area (TPSA) is 29.3 Å². The van der Waals surface area contributed by atoms with Gasteiger partial charge >= 0.3 is 0 Å². The van der Waals surface area contributed by atoms with Gasteiger partial charge in [0, 0.05) is 12.1 Å². The standard InChI is InChI=1S/C15H22F2N2/c1-2-11-6-8-19(9-7-11)14(10-18)15-12(16)4-3-5-13(15)17/h3-5,11,14H,2,6-10,18H2,1H3. The Morgan fingerprint density at radius 3 is 2.32 bits per heavy atom. The second-order valence-corrected chi connectivity index (χ2v) is 5.27. The van der Waals surface area contributed by atoms with E-state index in [1.165, 1.54) is 24.6 Å². The summed E-state index contributed by atoms with van der Waals surface area (Å²) in [5, 5.41) is 0. The van der Waals surface area contributed by atoms with E-state index in [2.05, 4.69) is 11.8 Å². The summed E-state index contributed by atoms with van der Waals surface area (Å²) in [6.07, 6.45) is 3.35. The number of benzene rings is 1. The first kappa shape index (κ1) is 14.4. The number of hydrogen-bond acceptors (Lipinski definition) is 2. The van der Waals surface area contributed by atoms with Crippen molar-refractivity contribution in [2.24, 2.45) is 11.7 Å². The molecule has 106 valence electrons. The minimum atomic E-state index is -0.493. The van der Waals surface area contributed by atoms with Crippen molar-refractivity contribution in [1.82, 2.24) is 4.90 Å². The van der Waals surface area contributed by atoms with Crippen LogP contribution in [0.15, 0.2) is 18.2 Å². The van der Waals surface area contributed by atoms with Crippen LogP contribution in [0, 0.1) is 17.6 Å². The predicted molar refractivity (Wildman–Crippen MR) is 72.7 cm³/mol. The fraction of sp³-hybridized carbons (Fsp3) is 0.600. The number of rotatable bonds is 4. The molecule has 0 saturated carbocycles. The van der Waals surface area contributed by atoms with E-state index in [4.69, 9.17) is 5.73 Å². The smallest absolute Gasteiger partial charge is 0.130 e. The summed E-state index contributed by atoms with van der Waals surface area (Å²) in [6, 6.07) is 3.66. The van der Waals surface area contributed by atoms with Crippen molar-refractivity contribution in [3.63, 3.8) is 0 Å². The van der Waals surface area contributed by atoms with Crippen LogP contribution in [0.5, 0.6) is 0 Å². The molecule has 0 amide bonds. The van der Waals surface area contributed by atoms with E-state index < -0.39 is 11.6 Å². The monoisotopic (exact) mass is 268 g/mol. The van der Waals surface area contributed by atoms with Crippen LogP contribution in [0.25, 0.3) is 0 Å². The van der Waals surface area contributed by atoms with Gasteiger partial charge in [-0.3, -0.25) is 4.90 Å². The molecule has 0 radical (unpaired) electrons. The number of halogens is 2. The van der Waals surface area contributed by atoms with Crippen molar-refractivity contribution in [1.29, 1.82) is 0 Å². The Morgan fingerprint density at radius 1 is 1.26 bits per heavy atom. The van der Waals surface area contributed by atoms with E-state index >= 15 is 0 Å². The van der Waals surface area contributed by atoms with Crippen molar-refractivity contribution < 1.29 is 8.78 Å². The first-order chi connectivity index (χ1) is 9.17. The van der Waals surface area contributed by atoms with Gasteiger partial charge in [-0.05, 0) is 44.0 Å². The van der Waals surface area contributed by atoms with Crippen LogP contribution in [-0.2, 0) is 0 Å². The van der Waals surface area contributed by atoms with Crippen LogP contribution in [0.1, 0.15) is 37.8 Å². The van der Waals surface area contributed by atoms with Crippen LogP contribution >= 0.6 is 0 Å². The highest BCUT2D eigenvalue weighted by molar-refractivity contribution is 5.24. The van der Waals surface area contributed by atoms with Gasteiger partial charge in [0.15, 0.2) is 0 Å². The maximum absolute atomic E-state index is 13.9. The molecule has 1 atom stereocenters. The lowest BCUT2D eigenvalue weighted by atomic mass is 9.92. The predicted octanol–water partition coefficient (Wildman–Crippen LogP) is 3.09. The molecule has 1 heterocycles. The minimum absolute atomic E-state index is 0.125. The van der Waals surface area contributed by atoms with E-state index in [1.54, 1.807) is 0 Å². The normalized spacial score (nSPS) is 19.6. The fourth-order valence-corrected chi connectivity index (χ4v) is 2.95. The molecular weight excluding hydrogens is 246 g/mol. The summed E-state index contributed by atoms with van der Waals surface area (Å²) in [7, 11) is 0. The highest BCUT2D eigenvalue weighted by Gasteiger charge is 2.28. The number of piperidine rings is 1. The molecule has 1 aromatic carbocycles. The van der Waals surface area contributed by atoms with Crippen molar-refractivity contribution in [3.8, 4) is 0 Å². The molecule has 0 bridgehead atoms. The van der Waals surface area contributed by atoms with Crippen molar-refractivity contribution in [3.05, 3.63) is 35.4 Å². The van der Waals surface area contributed by atoms with E-state index in [-0.39, 0.29) is 18.2 Å². The molecule has 0 aromatic heterocycles. The van der Waals surface area contributed by atoms with Crippen molar-refractivity contribution in [2.75, 3.05) is 19.6 Å². The van der Waals surface area contributed by atoms with Gasteiger partial charge in [-0.1, -0.05) is 19.4 Å². The third kappa shape index (κ3) is 3.12. The summed E-state index contributed by atoms with van der Waals surface area (Å²) >= 11 is 0. The summed E-state index contributed by atoms with van der Waals surface area (Å²) < 4.78 is 27.7. The number of likely N-dealkylation sites (tertiary alicyclic amines) is 1. The molecule has 1 fully saturated rings. The summed E-state index contributed by atoms with van der Waals surface area (Å²) in [4.78, 5) is 2.12. The van der Waals surface area contributed by atoms with Gasteiger partial charge in [0.05, 0.1) is 6.04 Å². The second kappa shape index (κ2) is 6.44. The van der Waals surface area contributed by atoms with Crippen molar-refractivity contribution >= 4 is 0 Å². The van der Waals surface area contributed by atoms with Crippen LogP contribution < -0.4 is 5.73 Å². The quantitative estimate of drug-likeness (QED) is 0.909. The van der Waals surface area contributed by atoms with E-state index in [1.807, 2.05) is 0 Å². The Labute approximate surface area is 113 Å². The summed E-state index contributed by atoms with van der Waals surface area (Å²) in [5.74, 6) is -0.249. The highest BCUT2D eigenvalue weighted by Crippen LogP contribution is 2.30. The van der Waals surface area contributed by atoms with Crippen LogP contribution in [0.2, 0.25) is 0 Å². The highest BCUT2D eigenvalue weighted by atomic mass is 19.1. The zero-order chi connectivity index (χ0) is 13.8. The van der Waals surface area contributed by atoms with Crippen LogP contribution in [0.3, 0.4) is 0 Å². The molecule has 4 heteroatoms. The molecule has 1 aliphatic rings. The van der Waals surface area contributed by atoms with Gasteiger partial charge in [0.1, 0.15) is 11.6 Å². The average molecular weight is 268 g/mol. The lowest BCUT2D eigenvalue weighted by Crippen LogP contribution is -2.40. The molecule has 2 N–H and O–H groups in total. The Morgan fingerprint density at radius 2 is 1.84 bits per heavy atom. The Hall–Kier alpha value is -1.00. The van der Waals surface area contributed by atoms with Gasteiger partial charge < -0.3 is 5.73 Å². The van der Waals surface area contributed by atoms with E-state index in [0.29, 0.717) is 0 Å². The van der Waals surface area contributed by atoms with Crippen molar-refractivity contribution in [2.45, 2.75) is 32.2 Å². The lowest BCUT2D eigenvalue weighted by molar-refractivity contribution is 0.129. The minimum Gasteiger partial charge on any atom is -0.329 e. The SMILES string of the molecule is CCC1CCN(C(CN)c2c(F)cccc2F)CC1. The number of nitrogens with two attached hydrogens (primary N) is 1. The first-order valence-corrected chi connectivity index (χ1v) is 7.05. The molecule has 1 unspecified atom stereocenters. The van der Waals surface area contributed by atoms with Crippen LogP contribution in [-0.4, -0.2) is 24.5 Å². The third-order valence-electron chi connectivity index (χ3n) is 4.22. The second-order valence-electron chi connectivity index (χ2n) is 5.27. The summed E-state index contributed by atoms with van der Waals surface area (Å²) in [6.45, 7) is 4.17. The van der Waals surface area contributed by atoms with Gasteiger partial charge in [-0.15, -0.1) is 0 Å². The molecular formula is C15H22F2N2. The zero-order valence-electron chi connectivity index (χ0n) is 11.4. The number of hydrogen-bond donors (Lipinski definition) is 1. The zero-order valence-corrected chi connectivity index (χ0v) is 11.4. The Balaban J connectivity index is 2.17. The lowest BCUT2D eigenvalue weighted by Gasteiger charge is -2.37. The molecule has 0 aliphatic carbocycles. The molecule has 2 rings (SSSR count). The van der Waals surface area contributed by atoms with Gasteiger partial charge in [-0.25, -0.2) is 8.78 Å².